The van der Waals surface area contributed by atoms with Crippen LogP contribution >= 0.6 is 23.1 Å². The largest absolute Gasteiger partial charge is 0.327 e. The average Bonchev–Trinajstić information content (AvgIpc) is 2.76. The fourth-order valence-electron chi connectivity index (χ4n) is 2.44. The van der Waals surface area contributed by atoms with Gasteiger partial charge in [0.25, 0.3) is 0 Å². The van der Waals surface area contributed by atoms with Crippen LogP contribution in [0.15, 0.2) is 15.9 Å². The number of hydrogen-bond acceptors (Lipinski definition) is 4. The summed E-state index contributed by atoms with van der Waals surface area (Å²) in [7, 11) is 0. The molecule has 1 saturated carbocycles. The number of nitrogens with zero attached hydrogens (tertiary/aromatic N) is 1. The lowest BCUT2D eigenvalue weighted by Crippen LogP contribution is -2.38. The maximum Gasteiger partial charge on any atom is 0.150 e. The van der Waals surface area contributed by atoms with E-state index in [0.717, 1.165) is 5.92 Å². The summed E-state index contributed by atoms with van der Waals surface area (Å²) in [4.78, 5) is 4.34. The third-order valence-corrected chi connectivity index (χ3v) is 5.60. The van der Waals surface area contributed by atoms with Crippen LogP contribution in [0.2, 0.25) is 0 Å². The van der Waals surface area contributed by atoms with Gasteiger partial charge in [-0.05, 0) is 25.2 Å². The van der Waals surface area contributed by atoms with Gasteiger partial charge in [0.1, 0.15) is 4.34 Å². The zero-order valence-corrected chi connectivity index (χ0v) is 11.4. The first-order valence-electron chi connectivity index (χ1n) is 6.11. The molecule has 0 spiro atoms. The summed E-state index contributed by atoms with van der Waals surface area (Å²) in [5, 5.41) is 2.62. The van der Waals surface area contributed by atoms with E-state index in [1.807, 2.05) is 23.3 Å². The fraction of sp³-hybridized carbons (Fsp3) is 0.750. The molecule has 2 rings (SSSR count). The van der Waals surface area contributed by atoms with Crippen molar-refractivity contribution in [1.29, 1.82) is 0 Å². The van der Waals surface area contributed by atoms with E-state index in [9.17, 15) is 0 Å². The van der Waals surface area contributed by atoms with Crippen molar-refractivity contribution >= 4 is 23.1 Å². The van der Waals surface area contributed by atoms with Crippen molar-refractivity contribution in [3.8, 4) is 0 Å². The molecular weight excluding hydrogens is 236 g/mol. The van der Waals surface area contributed by atoms with Crippen molar-refractivity contribution in [1.82, 2.24) is 4.98 Å². The Balaban J connectivity index is 1.91. The molecule has 2 N–H and O–H groups in total. The van der Waals surface area contributed by atoms with Gasteiger partial charge in [0.2, 0.25) is 0 Å². The lowest BCUT2D eigenvalue weighted by atomic mass is 9.83. The van der Waals surface area contributed by atoms with E-state index in [4.69, 9.17) is 5.73 Å². The maximum absolute atomic E-state index is 6.21. The van der Waals surface area contributed by atoms with Crippen molar-refractivity contribution in [2.45, 2.75) is 54.7 Å². The fourth-order valence-corrected chi connectivity index (χ4v) is 4.62. The Kier molecular flexibility index (Phi) is 4.67. The minimum absolute atomic E-state index is 0.363. The Morgan fingerprint density at radius 3 is 3.12 bits per heavy atom. The third kappa shape index (κ3) is 3.22. The van der Waals surface area contributed by atoms with Crippen molar-refractivity contribution < 1.29 is 0 Å². The summed E-state index contributed by atoms with van der Waals surface area (Å²) in [6.45, 7) is 2.28. The molecule has 0 saturated heterocycles. The van der Waals surface area contributed by atoms with E-state index in [-0.39, 0.29) is 0 Å². The van der Waals surface area contributed by atoms with Crippen LogP contribution in [0.3, 0.4) is 0 Å². The summed E-state index contributed by atoms with van der Waals surface area (Å²) in [5.41, 5.74) is 6.21. The van der Waals surface area contributed by atoms with E-state index >= 15 is 0 Å². The number of rotatable bonds is 4. The van der Waals surface area contributed by atoms with E-state index < -0.39 is 0 Å². The van der Waals surface area contributed by atoms with Gasteiger partial charge in [-0.1, -0.05) is 31.5 Å². The summed E-state index contributed by atoms with van der Waals surface area (Å²) >= 11 is 3.62. The van der Waals surface area contributed by atoms with Gasteiger partial charge in [0, 0.05) is 22.9 Å². The van der Waals surface area contributed by atoms with Crippen LogP contribution in [0.4, 0.5) is 0 Å². The minimum atomic E-state index is 0.363. The zero-order chi connectivity index (χ0) is 11.4. The third-order valence-electron chi connectivity index (χ3n) is 3.31. The highest BCUT2D eigenvalue weighted by Gasteiger charge is 2.28. The number of aromatic nitrogens is 1. The molecule has 1 aliphatic rings. The lowest BCUT2D eigenvalue weighted by molar-refractivity contribution is 0.317. The van der Waals surface area contributed by atoms with E-state index in [0.29, 0.717) is 11.3 Å². The average molecular weight is 256 g/mol. The van der Waals surface area contributed by atoms with Gasteiger partial charge in [0.05, 0.1) is 0 Å². The van der Waals surface area contributed by atoms with Crippen molar-refractivity contribution in [2.75, 3.05) is 0 Å². The molecule has 4 heteroatoms. The smallest absolute Gasteiger partial charge is 0.150 e. The van der Waals surface area contributed by atoms with E-state index in [2.05, 4.69) is 11.9 Å². The Morgan fingerprint density at radius 2 is 2.44 bits per heavy atom. The lowest BCUT2D eigenvalue weighted by Gasteiger charge is -2.33. The van der Waals surface area contributed by atoms with Crippen molar-refractivity contribution in [2.24, 2.45) is 11.7 Å². The summed E-state index contributed by atoms with van der Waals surface area (Å²) in [6, 6.07) is 0.363. The highest BCUT2D eigenvalue weighted by molar-refractivity contribution is 8.01. The van der Waals surface area contributed by atoms with Gasteiger partial charge in [-0.3, -0.25) is 0 Å². The van der Waals surface area contributed by atoms with Gasteiger partial charge in [0.15, 0.2) is 0 Å². The Hall–Kier alpha value is -0.0600. The second kappa shape index (κ2) is 6.03. The number of thiazole rings is 1. The van der Waals surface area contributed by atoms with Crippen molar-refractivity contribution in [3.63, 3.8) is 0 Å². The molecule has 16 heavy (non-hydrogen) atoms. The molecule has 2 nitrogen and oxygen atoms in total. The van der Waals surface area contributed by atoms with E-state index in [1.54, 1.807) is 11.3 Å². The highest BCUT2D eigenvalue weighted by Crippen LogP contribution is 2.37. The summed E-state index contributed by atoms with van der Waals surface area (Å²) < 4.78 is 1.18. The molecule has 0 radical (unpaired) electrons. The molecule has 3 unspecified atom stereocenters. The topological polar surface area (TPSA) is 38.9 Å². The summed E-state index contributed by atoms with van der Waals surface area (Å²) in [5.74, 6) is 0.891. The predicted molar refractivity (Wildman–Crippen MR) is 72.0 cm³/mol. The van der Waals surface area contributed by atoms with Gasteiger partial charge in [-0.2, -0.15) is 0 Å². The molecular formula is C12H20N2S2. The molecule has 1 aromatic rings. The Labute approximate surface area is 106 Å². The number of nitrogens with two attached hydrogens (primary N) is 1. The van der Waals surface area contributed by atoms with Crippen LogP contribution in [-0.4, -0.2) is 16.3 Å². The van der Waals surface area contributed by atoms with Crippen LogP contribution in [0.25, 0.3) is 0 Å². The molecule has 0 aliphatic heterocycles. The Morgan fingerprint density at radius 1 is 1.56 bits per heavy atom. The quantitative estimate of drug-likeness (QED) is 0.895. The molecule has 3 atom stereocenters. The Bertz CT molecular complexity index is 300. The molecule has 90 valence electrons. The second-order valence-electron chi connectivity index (χ2n) is 4.59. The van der Waals surface area contributed by atoms with Crippen LogP contribution in [0.5, 0.6) is 0 Å². The molecule has 0 aromatic carbocycles. The van der Waals surface area contributed by atoms with Crippen LogP contribution in [-0.2, 0) is 0 Å². The molecule has 0 amide bonds. The monoisotopic (exact) mass is 256 g/mol. The highest BCUT2D eigenvalue weighted by atomic mass is 32.2. The number of hydrogen-bond donors (Lipinski definition) is 1. The van der Waals surface area contributed by atoms with Gasteiger partial charge in [-0.25, -0.2) is 4.98 Å². The first kappa shape index (κ1) is 12.4. The normalized spacial score (nSPS) is 30.5. The summed E-state index contributed by atoms with van der Waals surface area (Å²) in [6.07, 6.45) is 8.33. The van der Waals surface area contributed by atoms with Crippen molar-refractivity contribution in [3.05, 3.63) is 11.6 Å². The standard InChI is InChI=1S/C12H20N2S2/c1-2-3-9-4-5-10(13)11(8-9)16-12-14-6-7-15-12/h6-7,9-11H,2-5,8,13H2,1H3. The second-order valence-corrected chi connectivity index (χ2v) is 6.97. The molecule has 1 aliphatic carbocycles. The van der Waals surface area contributed by atoms with E-state index in [1.165, 1.54) is 36.4 Å². The van der Waals surface area contributed by atoms with Gasteiger partial charge >= 0.3 is 0 Å². The molecule has 1 fully saturated rings. The van der Waals surface area contributed by atoms with Crippen LogP contribution < -0.4 is 5.73 Å². The SMILES string of the molecule is CCCC1CCC(N)C(Sc2nccs2)C1. The zero-order valence-electron chi connectivity index (χ0n) is 9.76. The first-order chi connectivity index (χ1) is 7.79. The predicted octanol–water partition coefficient (Wildman–Crippen LogP) is 3.53. The molecule has 1 aromatic heterocycles. The molecule has 1 heterocycles. The van der Waals surface area contributed by atoms with Gasteiger partial charge < -0.3 is 5.73 Å². The first-order valence-corrected chi connectivity index (χ1v) is 7.87. The number of thioether (sulfide) groups is 1. The van der Waals surface area contributed by atoms with Crippen LogP contribution in [0, 0.1) is 5.92 Å². The van der Waals surface area contributed by atoms with Gasteiger partial charge in [-0.15, -0.1) is 11.3 Å². The maximum atomic E-state index is 6.21. The van der Waals surface area contributed by atoms with Crippen LogP contribution in [0.1, 0.15) is 39.0 Å². The molecule has 0 bridgehead atoms. The minimum Gasteiger partial charge on any atom is -0.327 e.